The molecule has 0 atom stereocenters. The van der Waals surface area contributed by atoms with Gasteiger partial charge in [-0.1, -0.05) is 98.8 Å². The van der Waals surface area contributed by atoms with E-state index in [4.69, 9.17) is 9.97 Å². The third kappa shape index (κ3) is 3.28. The number of hydrogen-bond acceptors (Lipinski definition) is 2. The van der Waals surface area contributed by atoms with Gasteiger partial charge in [0.25, 0.3) is 0 Å². The van der Waals surface area contributed by atoms with Crippen molar-refractivity contribution >= 4 is 32.6 Å². The van der Waals surface area contributed by atoms with E-state index in [2.05, 4.69) is 129 Å². The molecule has 184 valence electrons. The number of benzene rings is 5. The number of para-hydroxylation sites is 2. The lowest BCUT2D eigenvalue weighted by atomic mass is 9.81. The zero-order valence-electron chi connectivity index (χ0n) is 21.9. The first-order valence-electron chi connectivity index (χ1n) is 13.5. The van der Waals surface area contributed by atoms with Crippen LogP contribution in [0, 0.1) is 0 Å². The summed E-state index contributed by atoms with van der Waals surface area (Å²) >= 11 is 0. The molecule has 0 radical (unpaired) electrons. The molecule has 2 heterocycles. The fourth-order valence-electron chi connectivity index (χ4n) is 6.42. The SMILES string of the molecule is CC1(C)c2ccccc2-c2cc3c(cc21)c(-c1cccc(-c2ccc4ccccc4n2)c1)nc1ccccc13. The van der Waals surface area contributed by atoms with Crippen molar-refractivity contribution in [2.24, 2.45) is 0 Å². The van der Waals surface area contributed by atoms with Gasteiger partial charge >= 0.3 is 0 Å². The van der Waals surface area contributed by atoms with Crippen LogP contribution in [0.3, 0.4) is 0 Å². The second-order valence-corrected chi connectivity index (χ2v) is 11.1. The van der Waals surface area contributed by atoms with Gasteiger partial charge in [-0.3, -0.25) is 0 Å². The largest absolute Gasteiger partial charge is 0.248 e. The minimum atomic E-state index is -0.0695. The molecule has 0 bridgehead atoms. The Morgan fingerprint density at radius 2 is 1.26 bits per heavy atom. The van der Waals surface area contributed by atoms with Crippen LogP contribution in [0.15, 0.2) is 121 Å². The van der Waals surface area contributed by atoms with Crippen LogP contribution in [-0.4, -0.2) is 9.97 Å². The molecule has 2 heteroatoms. The summed E-state index contributed by atoms with van der Waals surface area (Å²) in [5.74, 6) is 0. The van der Waals surface area contributed by atoms with Gasteiger partial charge in [0.1, 0.15) is 0 Å². The van der Waals surface area contributed by atoms with Crippen molar-refractivity contribution in [1.29, 1.82) is 0 Å². The van der Waals surface area contributed by atoms with Gasteiger partial charge in [-0.05, 0) is 64.0 Å². The maximum absolute atomic E-state index is 5.26. The van der Waals surface area contributed by atoms with E-state index < -0.39 is 0 Å². The van der Waals surface area contributed by atoms with Crippen LogP contribution in [0.4, 0.5) is 0 Å². The molecule has 1 aliphatic carbocycles. The molecule has 7 aromatic rings. The predicted molar refractivity (Wildman–Crippen MR) is 163 cm³/mol. The monoisotopic (exact) mass is 498 g/mol. The summed E-state index contributed by atoms with van der Waals surface area (Å²) in [7, 11) is 0. The summed E-state index contributed by atoms with van der Waals surface area (Å²) in [6.07, 6.45) is 0. The first-order chi connectivity index (χ1) is 19.1. The van der Waals surface area contributed by atoms with E-state index in [1.54, 1.807) is 0 Å². The number of rotatable bonds is 2. The van der Waals surface area contributed by atoms with Crippen molar-refractivity contribution < 1.29 is 0 Å². The maximum atomic E-state index is 5.26. The van der Waals surface area contributed by atoms with Gasteiger partial charge in [0.05, 0.1) is 22.4 Å². The molecule has 0 spiro atoms. The smallest absolute Gasteiger partial charge is 0.0788 e. The molecule has 0 aliphatic heterocycles. The van der Waals surface area contributed by atoms with Crippen LogP contribution in [-0.2, 0) is 5.41 Å². The molecular weight excluding hydrogens is 472 g/mol. The van der Waals surface area contributed by atoms with Crippen LogP contribution in [0.25, 0.3) is 66.2 Å². The molecule has 2 aromatic heterocycles. The summed E-state index contributed by atoms with van der Waals surface area (Å²) in [5, 5.41) is 4.78. The topological polar surface area (TPSA) is 25.8 Å². The van der Waals surface area contributed by atoms with Crippen LogP contribution >= 0.6 is 0 Å². The Morgan fingerprint density at radius 3 is 2.18 bits per heavy atom. The van der Waals surface area contributed by atoms with Crippen LogP contribution in [0.5, 0.6) is 0 Å². The Labute approximate surface area is 227 Å². The summed E-state index contributed by atoms with van der Waals surface area (Å²) in [6, 6.07) is 43.4. The van der Waals surface area contributed by atoms with Crippen molar-refractivity contribution in [3.05, 3.63) is 132 Å². The van der Waals surface area contributed by atoms with Gasteiger partial charge in [0.15, 0.2) is 0 Å². The average Bonchev–Trinajstić information content (AvgIpc) is 3.21. The lowest BCUT2D eigenvalue weighted by Crippen LogP contribution is -2.14. The molecule has 1 aliphatic rings. The highest BCUT2D eigenvalue weighted by Gasteiger charge is 2.35. The minimum absolute atomic E-state index is 0.0695. The summed E-state index contributed by atoms with van der Waals surface area (Å²) < 4.78 is 0. The molecule has 2 nitrogen and oxygen atoms in total. The summed E-state index contributed by atoms with van der Waals surface area (Å²) in [6.45, 7) is 4.67. The zero-order valence-corrected chi connectivity index (χ0v) is 21.9. The molecule has 0 fully saturated rings. The second kappa shape index (κ2) is 8.09. The highest BCUT2D eigenvalue weighted by atomic mass is 14.7. The number of nitrogens with zero attached hydrogens (tertiary/aromatic N) is 2. The quantitative estimate of drug-likeness (QED) is 0.222. The van der Waals surface area contributed by atoms with E-state index in [1.807, 2.05) is 6.07 Å². The number of pyridine rings is 2. The lowest BCUT2D eigenvalue weighted by molar-refractivity contribution is 0.661. The molecule has 0 N–H and O–H groups in total. The molecule has 5 aromatic carbocycles. The van der Waals surface area contributed by atoms with Crippen LogP contribution < -0.4 is 0 Å². The Morgan fingerprint density at radius 1 is 0.487 bits per heavy atom. The molecule has 39 heavy (non-hydrogen) atoms. The minimum Gasteiger partial charge on any atom is -0.248 e. The highest BCUT2D eigenvalue weighted by molar-refractivity contribution is 6.13. The van der Waals surface area contributed by atoms with Gasteiger partial charge in [-0.2, -0.15) is 0 Å². The van der Waals surface area contributed by atoms with Gasteiger partial charge in [0.2, 0.25) is 0 Å². The van der Waals surface area contributed by atoms with E-state index >= 15 is 0 Å². The van der Waals surface area contributed by atoms with Crippen molar-refractivity contribution in [1.82, 2.24) is 9.97 Å². The number of fused-ring (bicyclic) bond motifs is 7. The van der Waals surface area contributed by atoms with Crippen molar-refractivity contribution in [2.75, 3.05) is 0 Å². The fourth-order valence-corrected chi connectivity index (χ4v) is 6.42. The van der Waals surface area contributed by atoms with Crippen LogP contribution in [0.2, 0.25) is 0 Å². The normalized spacial score (nSPS) is 13.6. The molecule has 0 amide bonds. The Balaban J connectivity index is 1.39. The average molecular weight is 499 g/mol. The highest BCUT2D eigenvalue weighted by Crippen LogP contribution is 2.51. The standard InChI is InChI=1S/C37H26N2/c1-37(2)31-15-6-4-13-26(31)29-21-28-27-14-5-8-17-35(27)39-36(30(28)22-32(29)37)25-12-9-11-24(20-25)34-19-18-23-10-3-7-16-33(23)38-34/h3-22H,1-2H3. The third-order valence-corrected chi connectivity index (χ3v) is 8.43. The van der Waals surface area contributed by atoms with E-state index in [1.165, 1.54) is 38.4 Å². The van der Waals surface area contributed by atoms with Crippen molar-refractivity contribution in [2.45, 2.75) is 19.3 Å². The Kier molecular flexibility index (Phi) is 4.60. The molecule has 0 saturated heterocycles. The summed E-state index contributed by atoms with van der Waals surface area (Å²) in [4.78, 5) is 10.2. The van der Waals surface area contributed by atoms with Gasteiger partial charge in [-0.25, -0.2) is 9.97 Å². The molecule has 0 saturated carbocycles. The first kappa shape index (κ1) is 22.2. The van der Waals surface area contributed by atoms with Gasteiger partial charge in [-0.15, -0.1) is 0 Å². The van der Waals surface area contributed by atoms with Crippen molar-refractivity contribution in [3.63, 3.8) is 0 Å². The first-order valence-corrected chi connectivity index (χ1v) is 13.5. The van der Waals surface area contributed by atoms with Gasteiger partial charge < -0.3 is 0 Å². The van der Waals surface area contributed by atoms with Crippen molar-refractivity contribution in [3.8, 4) is 33.6 Å². The van der Waals surface area contributed by atoms with E-state index in [0.717, 1.165) is 38.9 Å². The molecule has 8 rings (SSSR count). The van der Waals surface area contributed by atoms with Gasteiger partial charge in [0, 0.05) is 32.7 Å². The van der Waals surface area contributed by atoms with Crippen LogP contribution in [0.1, 0.15) is 25.0 Å². The van der Waals surface area contributed by atoms with E-state index in [-0.39, 0.29) is 5.41 Å². The van der Waals surface area contributed by atoms with E-state index in [0.29, 0.717) is 0 Å². The third-order valence-electron chi connectivity index (χ3n) is 8.43. The Hall–Kier alpha value is -4.82. The summed E-state index contributed by atoms with van der Waals surface area (Å²) in [5.41, 5.74) is 11.6. The Bertz CT molecular complexity index is 2100. The maximum Gasteiger partial charge on any atom is 0.0788 e. The number of hydrogen-bond donors (Lipinski definition) is 0. The second-order valence-electron chi connectivity index (χ2n) is 11.1. The fraction of sp³-hybridized carbons (Fsp3) is 0.0811. The van der Waals surface area contributed by atoms with E-state index in [9.17, 15) is 0 Å². The number of aromatic nitrogens is 2. The predicted octanol–water partition coefficient (Wildman–Crippen LogP) is 9.58. The zero-order chi connectivity index (χ0) is 26.1. The molecule has 0 unspecified atom stereocenters. The lowest BCUT2D eigenvalue weighted by Gasteiger charge is -2.22. The molecular formula is C37H26N2.